The molecule has 0 radical (unpaired) electrons. The van der Waals surface area contributed by atoms with Crippen molar-refractivity contribution in [3.05, 3.63) is 12.0 Å². The van der Waals surface area contributed by atoms with Crippen molar-refractivity contribution >= 4 is 28.6 Å². The van der Waals surface area contributed by atoms with Crippen LogP contribution in [0.2, 0.25) is 0 Å². The fraction of sp³-hybridized carbons (Fsp3) is 0.500. The van der Waals surface area contributed by atoms with E-state index in [1.807, 2.05) is 14.1 Å². The molecule has 2 heterocycles. The molecule has 0 aliphatic rings. The first-order chi connectivity index (χ1) is 8.26. The summed E-state index contributed by atoms with van der Waals surface area (Å²) in [4.78, 5) is 8.89. The standard InChI is InChI=1S/C10H15N5OS/c1-11-9-7-5-12-15(2)10(7)14-8(13-9)6-17-4-3-16/h5,16H,3-4,6H2,1-2H3,(H,11,13,14). The first kappa shape index (κ1) is 12.1. The summed E-state index contributed by atoms with van der Waals surface area (Å²) in [6.45, 7) is 0.178. The van der Waals surface area contributed by atoms with Crippen LogP contribution in [0.15, 0.2) is 6.20 Å². The van der Waals surface area contributed by atoms with Crippen molar-refractivity contribution in [2.24, 2.45) is 7.05 Å². The lowest BCUT2D eigenvalue weighted by atomic mass is 10.4. The van der Waals surface area contributed by atoms with Gasteiger partial charge in [0.2, 0.25) is 0 Å². The second-order valence-electron chi connectivity index (χ2n) is 3.52. The van der Waals surface area contributed by atoms with Crippen LogP contribution in [0, 0.1) is 0 Å². The Kier molecular flexibility index (Phi) is 3.80. The van der Waals surface area contributed by atoms with E-state index < -0.39 is 0 Å². The zero-order chi connectivity index (χ0) is 12.3. The number of aryl methyl sites for hydroxylation is 1. The molecule has 2 rings (SSSR count). The molecule has 0 atom stereocenters. The fourth-order valence-electron chi connectivity index (χ4n) is 1.55. The molecule has 0 amide bonds. The number of hydrogen-bond donors (Lipinski definition) is 2. The zero-order valence-electron chi connectivity index (χ0n) is 9.84. The van der Waals surface area contributed by atoms with Gasteiger partial charge in [-0.2, -0.15) is 16.9 Å². The average molecular weight is 253 g/mol. The number of rotatable bonds is 5. The Morgan fingerprint density at radius 1 is 1.47 bits per heavy atom. The quantitative estimate of drug-likeness (QED) is 0.761. The lowest BCUT2D eigenvalue weighted by molar-refractivity contribution is 0.322. The maximum atomic E-state index is 8.74. The third-order valence-corrected chi connectivity index (χ3v) is 3.28. The number of hydrogen-bond acceptors (Lipinski definition) is 6. The van der Waals surface area contributed by atoms with Crippen LogP contribution in [-0.2, 0) is 12.8 Å². The van der Waals surface area contributed by atoms with Crippen LogP contribution in [0.5, 0.6) is 0 Å². The van der Waals surface area contributed by atoms with E-state index in [9.17, 15) is 0 Å². The van der Waals surface area contributed by atoms with E-state index in [-0.39, 0.29) is 6.61 Å². The van der Waals surface area contributed by atoms with Gasteiger partial charge in [-0.05, 0) is 0 Å². The van der Waals surface area contributed by atoms with Crippen molar-refractivity contribution in [3.8, 4) is 0 Å². The molecule has 17 heavy (non-hydrogen) atoms. The van der Waals surface area contributed by atoms with Gasteiger partial charge >= 0.3 is 0 Å². The summed E-state index contributed by atoms with van der Waals surface area (Å²) in [7, 11) is 3.69. The highest BCUT2D eigenvalue weighted by Crippen LogP contribution is 2.20. The Bertz CT molecular complexity index is 513. The Morgan fingerprint density at radius 2 is 2.29 bits per heavy atom. The molecule has 92 valence electrons. The third-order valence-electron chi connectivity index (χ3n) is 2.34. The number of nitrogens with one attached hydrogen (secondary N) is 1. The van der Waals surface area contributed by atoms with Crippen LogP contribution in [-0.4, -0.2) is 44.3 Å². The second kappa shape index (κ2) is 5.33. The summed E-state index contributed by atoms with van der Waals surface area (Å²) in [5.74, 6) is 2.93. The topological polar surface area (TPSA) is 75.9 Å². The third kappa shape index (κ3) is 2.50. The summed E-state index contributed by atoms with van der Waals surface area (Å²) in [5, 5.41) is 16.9. The van der Waals surface area contributed by atoms with E-state index in [0.29, 0.717) is 11.5 Å². The smallest absolute Gasteiger partial charge is 0.163 e. The molecule has 0 saturated carbocycles. The molecule has 6 nitrogen and oxygen atoms in total. The molecule has 0 fully saturated rings. The molecule has 0 aliphatic heterocycles. The largest absolute Gasteiger partial charge is 0.396 e. The van der Waals surface area contributed by atoms with Crippen LogP contribution in [0.1, 0.15) is 5.82 Å². The number of aliphatic hydroxyl groups excluding tert-OH is 1. The highest BCUT2D eigenvalue weighted by atomic mass is 32.2. The molecule has 0 bridgehead atoms. The molecule has 0 aromatic carbocycles. The minimum atomic E-state index is 0.178. The van der Waals surface area contributed by atoms with Crippen molar-refractivity contribution < 1.29 is 5.11 Å². The summed E-state index contributed by atoms with van der Waals surface area (Å²) in [5.41, 5.74) is 0.823. The van der Waals surface area contributed by atoms with Gasteiger partial charge in [-0.15, -0.1) is 0 Å². The van der Waals surface area contributed by atoms with Gasteiger partial charge < -0.3 is 10.4 Å². The van der Waals surface area contributed by atoms with Crippen molar-refractivity contribution in [3.63, 3.8) is 0 Å². The average Bonchev–Trinajstić information content (AvgIpc) is 2.71. The van der Waals surface area contributed by atoms with Crippen molar-refractivity contribution in [2.75, 3.05) is 24.7 Å². The van der Waals surface area contributed by atoms with E-state index >= 15 is 0 Å². The summed E-state index contributed by atoms with van der Waals surface area (Å²) in [6, 6.07) is 0. The van der Waals surface area contributed by atoms with Gasteiger partial charge in [0.25, 0.3) is 0 Å². The van der Waals surface area contributed by atoms with Gasteiger partial charge in [0.15, 0.2) is 5.65 Å². The van der Waals surface area contributed by atoms with Crippen molar-refractivity contribution in [2.45, 2.75) is 5.75 Å². The van der Waals surface area contributed by atoms with Crippen molar-refractivity contribution in [1.29, 1.82) is 0 Å². The molecule has 0 unspecified atom stereocenters. The Hall–Kier alpha value is -1.34. The van der Waals surface area contributed by atoms with Crippen LogP contribution in [0.3, 0.4) is 0 Å². The van der Waals surface area contributed by atoms with Gasteiger partial charge in [-0.3, -0.25) is 4.68 Å². The number of aliphatic hydroxyl groups is 1. The molecule has 0 saturated heterocycles. The molecule has 7 heteroatoms. The second-order valence-corrected chi connectivity index (χ2v) is 4.63. The predicted octanol–water partition coefficient (Wildman–Crippen LogP) is 0.630. The van der Waals surface area contributed by atoms with Gasteiger partial charge in [0.05, 0.1) is 23.9 Å². The van der Waals surface area contributed by atoms with E-state index in [2.05, 4.69) is 20.4 Å². The summed E-state index contributed by atoms with van der Waals surface area (Å²) >= 11 is 1.61. The van der Waals surface area contributed by atoms with Gasteiger partial charge in [0.1, 0.15) is 11.6 Å². The molecule has 0 aliphatic carbocycles. The minimum Gasteiger partial charge on any atom is -0.396 e. The molecule has 2 N–H and O–H groups in total. The Morgan fingerprint density at radius 3 is 3.00 bits per heavy atom. The van der Waals surface area contributed by atoms with Crippen LogP contribution in [0.4, 0.5) is 5.82 Å². The van der Waals surface area contributed by atoms with Crippen LogP contribution < -0.4 is 5.32 Å². The van der Waals surface area contributed by atoms with Crippen LogP contribution in [0.25, 0.3) is 11.0 Å². The van der Waals surface area contributed by atoms with Crippen LogP contribution >= 0.6 is 11.8 Å². The lowest BCUT2D eigenvalue weighted by Crippen LogP contribution is -2.02. The van der Waals surface area contributed by atoms with Gasteiger partial charge in [0, 0.05) is 19.8 Å². The number of anilines is 1. The highest BCUT2D eigenvalue weighted by Gasteiger charge is 2.10. The maximum Gasteiger partial charge on any atom is 0.163 e. The van der Waals surface area contributed by atoms with Gasteiger partial charge in [-0.25, -0.2) is 9.97 Å². The van der Waals surface area contributed by atoms with E-state index in [1.54, 1.807) is 22.6 Å². The Labute approximate surface area is 103 Å². The highest BCUT2D eigenvalue weighted by molar-refractivity contribution is 7.98. The first-order valence-corrected chi connectivity index (χ1v) is 6.46. The van der Waals surface area contributed by atoms with E-state index in [1.165, 1.54) is 0 Å². The molecular weight excluding hydrogens is 238 g/mol. The van der Waals surface area contributed by atoms with E-state index in [0.717, 1.165) is 22.7 Å². The SMILES string of the molecule is CNc1nc(CSCCO)nc2c1cnn2C. The van der Waals surface area contributed by atoms with E-state index in [4.69, 9.17) is 5.11 Å². The monoisotopic (exact) mass is 253 g/mol. The fourth-order valence-corrected chi connectivity index (χ4v) is 2.14. The predicted molar refractivity (Wildman–Crippen MR) is 69.1 cm³/mol. The number of aromatic nitrogens is 4. The van der Waals surface area contributed by atoms with Gasteiger partial charge in [-0.1, -0.05) is 0 Å². The number of thioether (sulfide) groups is 1. The lowest BCUT2D eigenvalue weighted by Gasteiger charge is -2.05. The summed E-state index contributed by atoms with van der Waals surface area (Å²) < 4.78 is 1.73. The minimum absolute atomic E-state index is 0.178. The molecule has 2 aromatic rings. The molecular formula is C10H15N5OS. The molecule has 0 spiro atoms. The van der Waals surface area contributed by atoms with Crippen molar-refractivity contribution in [1.82, 2.24) is 19.7 Å². The Balaban J connectivity index is 2.33. The molecule has 2 aromatic heterocycles. The number of fused-ring (bicyclic) bond motifs is 1. The first-order valence-electron chi connectivity index (χ1n) is 5.31. The normalized spacial score (nSPS) is 11.0. The number of nitrogens with zero attached hydrogens (tertiary/aromatic N) is 4. The zero-order valence-corrected chi connectivity index (χ0v) is 10.7. The maximum absolute atomic E-state index is 8.74. The summed E-state index contributed by atoms with van der Waals surface area (Å²) in [6.07, 6.45) is 1.76.